The number of amides is 1. The highest BCUT2D eigenvalue weighted by atomic mass is 16.2. The van der Waals surface area contributed by atoms with E-state index in [1.54, 1.807) is 29.7 Å². The van der Waals surface area contributed by atoms with Gasteiger partial charge in [0.15, 0.2) is 5.65 Å². The van der Waals surface area contributed by atoms with Crippen LogP contribution in [0.3, 0.4) is 0 Å². The number of aromatic nitrogens is 5. The lowest BCUT2D eigenvalue weighted by molar-refractivity contribution is 0.0737. The molecule has 1 amide bonds. The Bertz CT molecular complexity index is 834. The van der Waals surface area contributed by atoms with Gasteiger partial charge in [0.2, 0.25) is 0 Å². The fourth-order valence-corrected chi connectivity index (χ4v) is 2.56. The molecule has 0 spiro atoms. The maximum Gasteiger partial charge on any atom is 0.255 e. The average Bonchev–Trinajstić information content (AvgIpc) is 3.12. The fourth-order valence-electron chi connectivity index (χ4n) is 2.56. The number of aryl methyl sites for hydroxylation is 2. The van der Waals surface area contributed by atoms with Gasteiger partial charge in [-0.25, -0.2) is 15.0 Å². The molecule has 0 aliphatic carbocycles. The number of carbonyl (C=O) groups is 1. The van der Waals surface area contributed by atoms with Gasteiger partial charge in [-0.2, -0.15) is 0 Å². The molecular weight excluding hydrogens is 292 g/mol. The molecule has 3 aromatic heterocycles. The average molecular weight is 312 g/mol. The molecular formula is C16H20N6O. The van der Waals surface area contributed by atoms with Crippen molar-refractivity contribution in [2.24, 2.45) is 14.1 Å². The van der Waals surface area contributed by atoms with E-state index in [-0.39, 0.29) is 5.91 Å². The molecule has 0 aromatic carbocycles. The molecule has 0 bridgehead atoms. The third kappa shape index (κ3) is 2.94. The van der Waals surface area contributed by atoms with Gasteiger partial charge in [-0.1, -0.05) is 6.92 Å². The van der Waals surface area contributed by atoms with E-state index in [1.807, 2.05) is 29.4 Å². The molecule has 23 heavy (non-hydrogen) atoms. The van der Waals surface area contributed by atoms with E-state index in [0.717, 1.165) is 23.4 Å². The number of fused-ring (bicyclic) bond motifs is 1. The summed E-state index contributed by atoms with van der Waals surface area (Å²) in [6, 6.07) is 1.80. The predicted molar refractivity (Wildman–Crippen MR) is 86.7 cm³/mol. The van der Waals surface area contributed by atoms with Gasteiger partial charge < -0.3 is 14.0 Å². The Kier molecular flexibility index (Phi) is 4.10. The van der Waals surface area contributed by atoms with E-state index in [2.05, 4.69) is 21.9 Å². The van der Waals surface area contributed by atoms with Gasteiger partial charge in [0.1, 0.15) is 11.3 Å². The van der Waals surface area contributed by atoms with Gasteiger partial charge in [-0.15, -0.1) is 0 Å². The third-order valence-corrected chi connectivity index (χ3v) is 3.83. The van der Waals surface area contributed by atoms with E-state index < -0.39 is 0 Å². The maximum atomic E-state index is 12.8. The zero-order chi connectivity index (χ0) is 16.4. The largest absolute Gasteiger partial charge is 0.337 e. The summed E-state index contributed by atoms with van der Waals surface area (Å²) >= 11 is 0. The van der Waals surface area contributed by atoms with Crippen LogP contribution in [0.4, 0.5) is 0 Å². The van der Waals surface area contributed by atoms with Crippen molar-refractivity contribution in [3.63, 3.8) is 0 Å². The summed E-state index contributed by atoms with van der Waals surface area (Å²) in [6.07, 6.45) is 7.82. The molecule has 0 aliphatic rings. The Hall–Kier alpha value is -2.70. The lowest BCUT2D eigenvalue weighted by atomic mass is 10.2. The number of nitrogens with zero attached hydrogens (tertiary/aromatic N) is 6. The van der Waals surface area contributed by atoms with Crippen LogP contribution in [0.1, 0.15) is 29.5 Å². The molecule has 0 radical (unpaired) electrons. The fraction of sp³-hybridized carbons (Fsp3) is 0.375. The second-order valence-electron chi connectivity index (χ2n) is 5.60. The Morgan fingerprint density at radius 3 is 2.74 bits per heavy atom. The molecule has 7 nitrogen and oxygen atoms in total. The molecule has 0 atom stereocenters. The minimum absolute atomic E-state index is 0.0464. The van der Waals surface area contributed by atoms with Crippen molar-refractivity contribution in [1.82, 2.24) is 29.0 Å². The Morgan fingerprint density at radius 2 is 2.04 bits per heavy atom. The Balaban J connectivity index is 1.88. The first kappa shape index (κ1) is 15.2. The second kappa shape index (κ2) is 6.20. The van der Waals surface area contributed by atoms with Crippen LogP contribution in [0.15, 0.2) is 31.0 Å². The van der Waals surface area contributed by atoms with Gasteiger partial charge in [0.05, 0.1) is 18.4 Å². The van der Waals surface area contributed by atoms with E-state index in [1.165, 1.54) is 0 Å². The van der Waals surface area contributed by atoms with Crippen LogP contribution in [0, 0.1) is 0 Å². The molecule has 0 unspecified atom stereocenters. The van der Waals surface area contributed by atoms with Crippen LogP contribution in [0.5, 0.6) is 0 Å². The minimum atomic E-state index is -0.0464. The van der Waals surface area contributed by atoms with E-state index >= 15 is 0 Å². The molecule has 3 aromatic rings. The van der Waals surface area contributed by atoms with Crippen LogP contribution in [-0.4, -0.2) is 41.4 Å². The number of carbonyl (C=O) groups excluding carboxylic acids is 1. The maximum absolute atomic E-state index is 12.8. The number of pyridine rings is 1. The minimum Gasteiger partial charge on any atom is -0.337 e. The van der Waals surface area contributed by atoms with E-state index in [9.17, 15) is 4.79 Å². The molecule has 0 N–H and O–H groups in total. The molecule has 3 rings (SSSR count). The van der Waals surface area contributed by atoms with Gasteiger partial charge >= 0.3 is 0 Å². The van der Waals surface area contributed by atoms with Crippen LogP contribution < -0.4 is 0 Å². The summed E-state index contributed by atoms with van der Waals surface area (Å²) in [6.45, 7) is 3.21. The van der Waals surface area contributed by atoms with Gasteiger partial charge in [0, 0.05) is 39.2 Å². The lowest BCUT2D eigenvalue weighted by Gasteiger charge is -2.21. The summed E-state index contributed by atoms with van der Waals surface area (Å²) in [5.41, 5.74) is 2.05. The van der Waals surface area contributed by atoms with Crippen molar-refractivity contribution in [3.05, 3.63) is 42.4 Å². The van der Waals surface area contributed by atoms with Gasteiger partial charge in [-0.05, 0) is 12.5 Å². The SMILES string of the molecule is CCCN(Cc1nccn1C)C(=O)c1cnc2c(c1)ncn2C. The molecule has 3 heterocycles. The van der Waals surface area contributed by atoms with Crippen LogP contribution in [0.25, 0.3) is 11.2 Å². The summed E-state index contributed by atoms with van der Waals surface area (Å²) in [5, 5.41) is 0. The quantitative estimate of drug-likeness (QED) is 0.720. The van der Waals surface area contributed by atoms with Crippen molar-refractivity contribution >= 4 is 17.1 Å². The first-order valence-corrected chi connectivity index (χ1v) is 7.62. The molecule has 120 valence electrons. The smallest absolute Gasteiger partial charge is 0.255 e. The van der Waals surface area contributed by atoms with E-state index in [4.69, 9.17) is 0 Å². The number of hydrogen-bond acceptors (Lipinski definition) is 4. The van der Waals surface area contributed by atoms with Crippen LogP contribution in [-0.2, 0) is 20.6 Å². The number of rotatable bonds is 5. The van der Waals surface area contributed by atoms with Crippen LogP contribution in [0.2, 0.25) is 0 Å². The Morgan fingerprint density at radius 1 is 1.22 bits per heavy atom. The summed E-state index contributed by atoms with van der Waals surface area (Å²) in [4.78, 5) is 27.6. The predicted octanol–water partition coefficient (Wildman–Crippen LogP) is 1.75. The summed E-state index contributed by atoms with van der Waals surface area (Å²) in [5.74, 6) is 0.813. The molecule has 0 saturated carbocycles. The number of hydrogen-bond donors (Lipinski definition) is 0. The zero-order valence-corrected chi connectivity index (χ0v) is 13.6. The Labute approximate surface area is 134 Å². The third-order valence-electron chi connectivity index (χ3n) is 3.83. The van der Waals surface area contributed by atoms with Crippen LogP contribution >= 0.6 is 0 Å². The van der Waals surface area contributed by atoms with Gasteiger partial charge in [-0.3, -0.25) is 4.79 Å². The first-order chi connectivity index (χ1) is 11.1. The zero-order valence-electron chi connectivity index (χ0n) is 13.6. The van der Waals surface area contributed by atoms with Crippen molar-refractivity contribution in [3.8, 4) is 0 Å². The van der Waals surface area contributed by atoms with Crippen molar-refractivity contribution in [2.75, 3.05) is 6.54 Å². The highest BCUT2D eigenvalue weighted by Gasteiger charge is 2.18. The molecule has 7 heteroatoms. The van der Waals surface area contributed by atoms with Crippen molar-refractivity contribution < 1.29 is 4.79 Å². The summed E-state index contributed by atoms with van der Waals surface area (Å²) < 4.78 is 3.76. The topological polar surface area (TPSA) is 68.8 Å². The monoisotopic (exact) mass is 312 g/mol. The van der Waals surface area contributed by atoms with Crippen molar-refractivity contribution in [2.45, 2.75) is 19.9 Å². The normalized spacial score (nSPS) is 11.1. The highest BCUT2D eigenvalue weighted by Crippen LogP contribution is 2.14. The summed E-state index contributed by atoms with van der Waals surface area (Å²) in [7, 11) is 3.81. The lowest BCUT2D eigenvalue weighted by Crippen LogP contribution is -2.32. The highest BCUT2D eigenvalue weighted by molar-refractivity contribution is 5.96. The standard InChI is InChI=1S/C16H20N6O/c1-4-6-22(10-14-17-5-7-20(14)2)16(23)12-8-13-15(18-9-12)21(3)11-19-13/h5,7-9,11H,4,6,10H2,1-3H3. The second-order valence-corrected chi connectivity index (χ2v) is 5.60. The van der Waals surface area contributed by atoms with Crippen molar-refractivity contribution in [1.29, 1.82) is 0 Å². The molecule has 0 saturated heterocycles. The van der Waals surface area contributed by atoms with Gasteiger partial charge in [0.25, 0.3) is 5.91 Å². The molecule has 0 aliphatic heterocycles. The molecule has 0 fully saturated rings. The van der Waals surface area contributed by atoms with E-state index in [0.29, 0.717) is 18.7 Å². The number of imidazole rings is 2. The first-order valence-electron chi connectivity index (χ1n) is 7.62.